The molecule has 5 heteroatoms. The van der Waals surface area contributed by atoms with Crippen LogP contribution >= 0.6 is 11.8 Å². The molecule has 0 spiro atoms. The van der Waals surface area contributed by atoms with Crippen LogP contribution in [0.1, 0.15) is 19.3 Å². The Bertz CT molecular complexity index is 276. The number of rotatable bonds is 2. The zero-order valence-corrected chi connectivity index (χ0v) is 9.33. The second-order valence-electron chi connectivity index (χ2n) is 4.09. The summed E-state index contributed by atoms with van der Waals surface area (Å²) in [4.78, 5) is 24.5. The number of carbonyl (C=O) groups excluding carboxylic acids is 1. The van der Waals surface area contributed by atoms with Crippen molar-refractivity contribution in [2.45, 2.75) is 25.3 Å². The molecule has 2 heterocycles. The van der Waals surface area contributed by atoms with Gasteiger partial charge in [-0.3, -0.25) is 4.79 Å². The Balaban J connectivity index is 2.02. The molecule has 2 aliphatic rings. The van der Waals surface area contributed by atoms with Gasteiger partial charge in [0.2, 0.25) is 5.91 Å². The van der Waals surface area contributed by atoms with E-state index >= 15 is 0 Å². The number of aliphatic carboxylic acids is 1. The van der Waals surface area contributed by atoms with Crippen LogP contribution in [0, 0.1) is 5.92 Å². The van der Waals surface area contributed by atoms with Gasteiger partial charge in [0.05, 0.1) is 0 Å². The van der Waals surface area contributed by atoms with Crippen molar-refractivity contribution in [3.05, 3.63) is 0 Å². The number of carboxylic acids is 1. The van der Waals surface area contributed by atoms with Crippen molar-refractivity contribution < 1.29 is 14.7 Å². The summed E-state index contributed by atoms with van der Waals surface area (Å²) >= 11 is 1.78. The fraction of sp³-hybridized carbons (Fsp3) is 0.800. The summed E-state index contributed by atoms with van der Waals surface area (Å²) in [6.45, 7) is 0.622. The van der Waals surface area contributed by atoms with Gasteiger partial charge in [0.25, 0.3) is 0 Å². The van der Waals surface area contributed by atoms with Crippen LogP contribution in [0.3, 0.4) is 0 Å². The summed E-state index contributed by atoms with van der Waals surface area (Å²) in [6.07, 6.45) is 2.34. The van der Waals surface area contributed by atoms with E-state index in [1.54, 1.807) is 16.7 Å². The van der Waals surface area contributed by atoms with Crippen molar-refractivity contribution in [1.82, 2.24) is 4.90 Å². The first kappa shape index (κ1) is 10.8. The van der Waals surface area contributed by atoms with Gasteiger partial charge in [-0.25, -0.2) is 4.79 Å². The molecular formula is C10H15NO3S. The topological polar surface area (TPSA) is 57.6 Å². The summed E-state index contributed by atoms with van der Waals surface area (Å²) in [7, 11) is 0. The highest BCUT2D eigenvalue weighted by Gasteiger charge is 2.37. The maximum atomic E-state index is 12.0. The third-order valence-corrected chi connectivity index (χ3v) is 4.26. The first-order valence-electron chi connectivity index (χ1n) is 5.31. The molecule has 0 aliphatic carbocycles. The number of carbonyl (C=O) groups is 2. The standard InChI is InChI=1S/C10H15NO3S/c12-9(7-3-5-15-6-7)11-4-1-2-8(11)10(13)14/h7-8H,1-6H2,(H,13,14)/t7?,8-/m1/s1. The fourth-order valence-corrected chi connectivity index (χ4v) is 3.46. The lowest BCUT2D eigenvalue weighted by Crippen LogP contribution is -2.43. The molecule has 2 saturated heterocycles. The predicted octanol–water partition coefficient (Wildman–Crippen LogP) is 0.815. The van der Waals surface area contributed by atoms with Gasteiger partial charge in [-0.15, -0.1) is 0 Å². The molecule has 1 amide bonds. The third kappa shape index (κ3) is 2.12. The van der Waals surface area contributed by atoms with Crippen molar-refractivity contribution in [1.29, 1.82) is 0 Å². The highest BCUT2D eigenvalue weighted by Crippen LogP contribution is 2.28. The van der Waals surface area contributed by atoms with Crippen LogP contribution in [0.4, 0.5) is 0 Å². The second-order valence-corrected chi connectivity index (χ2v) is 5.24. The Morgan fingerprint density at radius 1 is 1.33 bits per heavy atom. The van der Waals surface area contributed by atoms with E-state index in [0.717, 1.165) is 24.3 Å². The van der Waals surface area contributed by atoms with Crippen LogP contribution in [0.5, 0.6) is 0 Å². The lowest BCUT2D eigenvalue weighted by molar-refractivity contribution is -0.149. The Morgan fingerprint density at radius 3 is 2.73 bits per heavy atom. The second kappa shape index (κ2) is 4.43. The Morgan fingerprint density at radius 2 is 2.13 bits per heavy atom. The van der Waals surface area contributed by atoms with E-state index in [-0.39, 0.29) is 11.8 Å². The van der Waals surface area contributed by atoms with E-state index in [0.29, 0.717) is 13.0 Å². The number of thioether (sulfide) groups is 1. The van der Waals surface area contributed by atoms with Crippen LogP contribution in [0.15, 0.2) is 0 Å². The van der Waals surface area contributed by atoms with Gasteiger partial charge in [0, 0.05) is 18.2 Å². The molecule has 15 heavy (non-hydrogen) atoms. The predicted molar refractivity (Wildman–Crippen MR) is 57.8 cm³/mol. The zero-order chi connectivity index (χ0) is 10.8. The maximum Gasteiger partial charge on any atom is 0.326 e. The molecule has 2 aliphatic heterocycles. The summed E-state index contributed by atoms with van der Waals surface area (Å²) < 4.78 is 0. The van der Waals surface area contributed by atoms with Gasteiger partial charge in [-0.2, -0.15) is 11.8 Å². The third-order valence-electron chi connectivity index (χ3n) is 3.10. The molecule has 0 bridgehead atoms. The molecule has 1 unspecified atom stereocenters. The van der Waals surface area contributed by atoms with Crippen LogP contribution in [0.25, 0.3) is 0 Å². The highest BCUT2D eigenvalue weighted by atomic mass is 32.2. The normalized spacial score (nSPS) is 30.8. The van der Waals surface area contributed by atoms with Gasteiger partial charge in [0.1, 0.15) is 6.04 Å². The quantitative estimate of drug-likeness (QED) is 0.761. The number of hydrogen-bond acceptors (Lipinski definition) is 3. The van der Waals surface area contributed by atoms with Crippen molar-refractivity contribution in [2.24, 2.45) is 5.92 Å². The average Bonchev–Trinajstić information content (AvgIpc) is 2.88. The summed E-state index contributed by atoms with van der Waals surface area (Å²) in [6, 6.07) is -0.567. The molecular weight excluding hydrogens is 214 g/mol. The number of amides is 1. The smallest absolute Gasteiger partial charge is 0.326 e. The molecule has 0 saturated carbocycles. The van der Waals surface area contributed by atoms with E-state index in [4.69, 9.17) is 5.11 Å². The monoisotopic (exact) mass is 229 g/mol. The van der Waals surface area contributed by atoms with Gasteiger partial charge in [-0.1, -0.05) is 0 Å². The minimum atomic E-state index is -0.855. The Labute approximate surface area is 93.0 Å². The van der Waals surface area contributed by atoms with Crippen LogP contribution in [-0.4, -0.2) is 46.0 Å². The molecule has 0 radical (unpaired) electrons. The molecule has 84 valence electrons. The summed E-state index contributed by atoms with van der Waals surface area (Å²) in [5.74, 6) is 1.16. The lowest BCUT2D eigenvalue weighted by Gasteiger charge is -2.24. The maximum absolute atomic E-state index is 12.0. The van der Waals surface area contributed by atoms with Gasteiger partial charge in [0.15, 0.2) is 0 Å². The van der Waals surface area contributed by atoms with Gasteiger partial charge < -0.3 is 10.0 Å². The lowest BCUT2D eigenvalue weighted by atomic mass is 10.1. The van der Waals surface area contributed by atoms with E-state index in [1.807, 2.05) is 0 Å². The molecule has 2 fully saturated rings. The van der Waals surface area contributed by atoms with Gasteiger partial charge >= 0.3 is 5.97 Å². The van der Waals surface area contributed by atoms with Crippen molar-refractivity contribution in [3.8, 4) is 0 Å². The molecule has 4 nitrogen and oxygen atoms in total. The van der Waals surface area contributed by atoms with Crippen LogP contribution in [0.2, 0.25) is 0 Å². The molecule has 2 atom stereocenters. The number of hydrogen-bond donors (Lipinski definition) is 1. The molecule has 0 aromatic carbocycles. The zero-order valence-electron chi connectivity index (χ0n) is 8.52. The molecule has 0 aromatic heterocycles. The minimum Gasteiger partial charge on any atom is -0.480 e. The summed E-state index contributed by atoms with van der Waals surface area (Å²) in [5, 5.41) is 8.98. The van der Waals surface area contributed by atoms with Crippen molar-refractivity contribution in [3.63, 3.8) is 0 Å². The average molecular weight is 229 g/mol. The minimum absolute atomic E-state index is 0.0601. The summed E-state index contributed by atoms with van der Waals surface area (Å²) in [5.41, 5.74) is 0. The van der Waals surface area contributed by atoms with Crippen molar-refractivity contribution >= 4 is 23.6 Å². The number of carboxylic acid groups (broad SMARTS) is 1. The number of likely N-dealkylation sites (tertiary alicyclic amines) is 1. The van der Waals surface area contributed by atoms with E-state index in [2.05, 4.69) is 0 Å². The number of nitrogens with zero attached hydrogens (tertiary/aromatic N) is 1. The van der Waals surface area contributed by atoms with Crippen LogP contribution in [-0.2, 0) is 9.59 Å². The first-order chi connectivity index (χ1) is 7.20. The molecule has 0 aromatic rings. The first-order valence-corrected chi connectivity index (χ1v) is 6.46. The van der Waals surface area contributed by atoms with E-state index in [1.165, 1.54) is 0 Å². The van der Waals surface area contributed by atoms with Crippen LogP contribution < -0.4 is 0 Å². The van der Waals surface area contributed by atoms with E-state index in [9.17, 15) is 9.59 Å². The highest BCUT2D eigenvalue weighted by molar-refractivity contribution is 7.99. The molecule has 1 N–H and O–H groups in total. The van der Waals surface area contributed by atoms with Crippen molar-refractivity contribution in [2.75, 3.05) is 18.1 Å². The fourth-order valence-electron chi connectivity index (χ4n) is 2.25. The largest absolute Gasteiger partial charge is 0.480 e. The SMILES string of the molecule is O=C(O)[C@H]1CCCN1C(=O)C1CCSC1. The van der Waals surface area contributed by atoms with Gasteiger partial charge in [-0.05, 0) is 25.0 Å². The Kier molecular flexibility index (Phi) is 3.19. The van der Waals surface area contributed by atoms with E-state index < -0.39 is 12.0 Å². The Hall–Kier alpha value is -0.710. The molecule has 2 rings (SSSR count).